The van der Waals surface area contributed by atoms with Crippen molar-refractivity contribution in [2.45, 2.75) is 18.9 Å². The third-order valence-corrected chi connectivity index (χ3v) is 3.82. The molecule has 96 valence electrons. The van der Waals surface area contributed by atoms with Crippen molar-refractivity contribution in [1.82, 2.24) is 9.88 Å². The van der Waals surface area contributed by atoms with Gasteiger partial charge in [-0.3, -0.25) is 0 Å². The molecule has 18 heavy (non-hydrogen) atoms. The molecule has 0 spiro atoms. The standard InChI is InChI=1S/C14H19N3O/c1-16-9-7-11(8-10-16)17(2)14-15-12-5-3-4-6-13(12)18-14/h3-6,11H,7-10H2,1-2H3. The molecule has 0 bridgehead atoms. The zero-order valence-electron chi connectivity index (χ0n) is 11.0. The van der Waals surface area contributed by atoms with Crippen molar-refractivity contribution in [3.8, 4) is 0 Å². The van der Waals surface area contributed by atoms with Crippen LogP contribution in [0.4, 0.5) is 6.01 Å². The van der Waals surface area contributed by atoms with Gasteiger partial charge < -0.3 is 14.2 Å². The number of hydrogen-bond donors (Lipinski definition) is 0. The van der Waals surface area contributed by atoms with Crippen LogP contribution in [0.5, 0.6) is 0 Å². The Morgan fingerprint density at radius 3 is 2.72 bits per heavy atom. The minimum absolute atomic E-state index is 0.536. The molecule has 4 nitrogen and oxygen atoms in total. The van der Waals surface area contributed by atoms with Crippen LogP contribution >= 0.6 is 0 Å². The number of oxazole rings is 1. The molecular weight excluding hydrogens is 226 g/mol. The van der Waals surface area contributed by atoms with Crippen LogP contribution in [0, 0.1) is 0 Å². The first-order valence-electron chi connectivity index (χ1n) is 6.51. The molecule has 0 radical (unpaired) electrons. The van der Waals surface area contributed by atoms with Crippen molar-refractivity contribution in [2.24, 2.45) is 0 Å². The molecule has 1 aromatic carbocycles. The molecule has 0 N–H and O–H groups in total. The van der Waals surface area contributed by atoms with Gasteiger partial charge in [-0.1, -0.05) is 12.1 Å². The molecule has 1 saturated heterocycles. The predicted molar refractivity (Wildman–Crippen MR) is 72.9 cm³/mol. The van der Waals surface area contributed by atoms with E-state index in [-0.39, 0.29) is 0 Å². The number of benzene rings is 1. The lowest BCUT2D eigenvalue weighted by atomic mass is 10.0. The Hall–Kier alpha value is -1.55. The van der Waals surface area contributed by atoms with Crippen molar-refractivity contribution >= 4 is 17.1 Å². The number of anilines is 1. The Balaban J connectivity index is 1.81. The average molecular weight is 245 g/mol. The largest absolute Gasteiger partial charge is 0.423 e. The Kier molecular flexibility index (Phi) is 2.96. The van der Waals surface area contributed by atoms with E-state index >= 15 is 0 Å². The van der Waals surface area contributed by atoms with E-state index in [4.69, 9.17) is 4.42 Å². The molecule has 0 amide bonds. The number of aromatic nitrogens is 1. The molecule has 0 atom stereocenters. The fourth-order valence-electron chi connectivity index (χ4n) is 2.55. The first kappa shape index (κ1) is 11.5. The van der Waals surface area contributed by atoms with Crippen LogP contribution in [0.15, 0.2) is 28.7 Å². The fraction of sp³-hybridized carbons (Fsp3) is 0.500. The number of hydrogen-bond acceptors (Lipinski definition) is 4. The summed E-state index contributed by atoms with van der Waals surface area (Å²) in [7, 11) is 4.26. The van der Waals surface area contributed by atoms with Gasteiger partial charge in [-0.05, 0) is 45.1 Å². The van der Waals surface area contributed by atoms with E-state index < -0.39 is 0 Å². The lowest BCUT2D eigenvalue weighted by Gasteiger charge is -2.34. The molecule has 1 aliphatic rings. The van der Waals surface area contributed by atoms with Crippen LogP contribution in [0.3, 0.4) is 0 Å². The van der Waals surface area contributed by atoms with Crippen LogP contribution < -0.4 is 4.90 Å². The SMILES string of the molecule is CN1CCC(N(C)c2nc3ccccc3o2)CC1. The molecule has 1 aliphatic heterocycles. The fourth-order valence-corrected chi connectivity index (χ4v) is 2.55. The van der Waals surface area contributed by atoms with Gasteiger partial charge in [0.2, 0.25) is 0 Å². The molecule has 4 heteroatoms. The van der Waals surface area contributed by atoms with Gasteiger partial charge >= 0.3 is 0 Å². The first-order chi connectivity index (χ1) is 8.74. The average Bonchev–Trinajstić information content (AvgIpc) is 2.82. The number of likely N-dealkylation sites (tertiary alicyclic amines) is 1. The second kappa shape index (κ2) is 4.61. The second-order valence-corrected chi connectivity index (χ2v) is 5.11. The number of rotatable bonds is 2. The van der Waals surface area contributed by atoms with Crippen molar-refractivity contribution in [1.29, 1.82) is 0 Å². The first-order valence-corrected chi connectivity index (χ1v) is 6.51. The summed E-state index contributed by atoms with van der Waals surface area (Å²) >= 11 is 0. The van der Waals surface area contributed by atoms with Crippen molar-refractivity contribution in [2.75, 3.05) is 32.1 Å². The van der Waals surface area contributed by atoms with Gasteiger partial charge in [0, 0.05) is 13.1 Å². The third kappa shape index (κ3) is 2.08. The van der Waals surface area contributed by atoms with Crippen molar-refractivity contribution in [3.05, 3.63) is 24.3 Å². The van der Waals surface area contributed by atoms with Crippen LogP contribution in [0.25, 0.3) is 11.1 Å². The van der Waals surface area contributed by atoms with E-state index in [1.165, 1.54) is 12.8 Å². The molecule has 2 heterocycles. The van der Waals surface area contributed by atoms with E-state index in [9.17, 15) is 0 Å². The molecular formula is C14H19N3O. The van der Waals surface area contributed by atoms with Crippen molar-refractivity contribution < 1.29 is 4.42 Å². The van der Waals surface area contributed by atoms with Crippen molar-refractivity contribution in [3.63, 3.8) is 0 Å². The van der Waals surface area contributed by atoms with Crippen LogP contribution in [-0.4, -0.2) is 43.1 Å². The highest BCUT2D eigenvalue weighted by Gasteiger charge is 2.23. The van der Waals surface area contributed by atoms with Gasteiger partial charge in [-0.2, -0.15) is 4.98 Å². The summed E-state index contributed by atoms with van der Waals surface area (Å²) in [6.07, 6.45) is 2.34. The van der Waals surface area contributed by atoms with Gasteiger partial charge in [-0.25, -0.2) is 0 Å². The Labute approximate surface area is 107 Å². The molecule has 2 aromatic rings. The molecule has 1 fully saturated rings. The van der Waals surface area contributed by atoms with Gasteiger partial charge in [0.1, 0.15) is 5.52 Å². The summed E-state index contributed by atoms with van der Waals surface area (Å²) in [5.41, 5.74) is 1.81. The Bertz CT molecular complexity index is 496. The maximum atomic E-state index is 5.81. The van der Waals surface area contributed by atoms with Gasteiger partial charge in [0.15, 0.2) is 5.58 Å². The Morgan fingerprint density at radius 1 is 1.28 bits per heavy atom. The number of piperidine rings is 1. The second-order valence-electron chi connectivity index (χ2n) is 5.11. The van der Waals surface area contributed by atoms with Crippen LogP contribution in [-0.2, 0) is 0 Å². The van der Waals surface area contributed by atoms with E-state index in [0.29, 0.717) is 6.04 Å². The zero-order chi connectivity index (χ0) is 12.5. The van der Waals surface area contributed by atoms with Crippen LogP contribution in [0.1, 0.15) is 12.8 Å². The van der Waals surface area contributed by atoms with Gasteiger partial charge in [0.05, 0.1) is 0 Å². The highest BCUT2D eigenvalue weighted by molar-refractivity contribution is 5.74. The summed E-state index contributed by atoms with van der Waals surface area (Å²) in [5, 5.41) is 0. The normalized spacial score (nSPS) is 18.3. The summed E-state index contributed by atoms with van der Waals surface area (Å²) in [5.74, 6) is 0. The predicted octanol–water partition coefficient (Wildman–Crippen LogP) is 2.36. The summed E-state index contributed by atoms with van der Waals surface area (Å²) in [4.78, 5) is 9.11. The highest BCUT2D eigenvalue weighted by Crippen LogP contribution is 2.25. The molecule has 1 aromatic heterocycles. The smallest absolute Gasteiger partial charge is 0.298 e. The maximum Gasteiger partial charge on any atom is 0.298 e. The number of fused-ring (bicyclic) bond motifs is 1. The zero-order valence-corrected chi connectivity index (χ0v) is 11.0. The molecule has 0 saturated carbocycles. The van der Waals surface area contributed by atoms with Crippen LogP contribution in [0.2, 0.25) is 0 Å². The minimum Gasteiger partial charge on any atom is -0.423 e. The lowest BCUT2D eigenvalue weighted by Crippen LogP contribution is -2.42. The van der Waals surface area contributed by atoms with E-state index in [2.05, 4.69) is 28.9 Å². The minimum atomic E-state index is 0.536. The molecule has 0 aliphatic carbocycles. The number of para-hydroxylation sites is 2. The summed E-state index contributed by atoms with van der Waals surface area (Å²) < 4.78 is 5.81. The Morgan fingerprint density at radius 2 is 2.00 bits per heavy atom. The molecule has 3 rings (SSSR count). The summed E-state index contributed by atoms with van der Waals surface area (Å²) in [6, 6.07) is 9.20. The maximum absolute atomic E-state index is 5.81. The molecule has 0 unspecified atom stereocenters. The highest BCUT2D eigenvalue weighted by atomic mass is 16.4. The monoisotopic (exact) mass is 245 g/mol. The van der Waals surface area contributed by atoms with E-state index in [1.54, 1.807) is 0 Å². The topological polar surface area (TPSA) is 32.5 Å². The van der Waals surface area contributed by atoms with E-state index in [1.807, 2.05) is 24.3 Å². The van der Waals surface area contributed by atoms with Gasteiger partial charge in [-0.15, -0.1) is 0 Å². The van der Waals surface area contributed by atoms with E-state index in [0.717, 1.165) is 30.2 Å². The quantitative estimate of drug-likeness (QED) is 0.813. The number of nitrogens with zero attached hydrogens (tertiary/aromatic N) is 3. The summed E-state index contributed by atoms with van der Waals surface area (Å²) in [6.45, 7) is 2.30. The lowest BCUT2D eigenvalue weighted by molar-refractivity contribution is 0.250. The third-order valence-electron chi connectivity index (χ3n) is 3.82. The van der Waals surface area contributed by atoms with Gasteiger partial charge in [0.25, 0.3) is 6.01 Å².